The van der Waals surface area contributed by atoms with Crippen molar-refractivity contribution in [2.24, 2.45) is 0 Å². The summed E-state index contributed by atoms with van der Waals surface area (Å²) in [6, 6.07) is 5.43. The van der Waals surface area contributed by atoms with Crippen LogP contribution < -0.4 is 0 Å². The number of hydrogen-bond donors (Lipinski definition) is 0. The Morgan fingerprint density at radius 2 is 1.85 bits per heavy atom. The number of amides is 1. The highest BCUT2D eigenvalue weighted by molar-refractivity contribution is 7.17. The summed E-state index contributed by atoms with van der Waals surface area (Å²) in [5.41, 5.74) is 2.48. The lowest BCUT2D eigenvalue weighted by atomic mass is 10.1. The molecule has 0 atom stereocenters. The van der Waals surface area contributed by atoms with E-state index in [1.165, 1.54) is 49.2 Å². The third kappa shape index (κ3) is 3.78. The summed E-state index contributed by atoms with van der Waals surface area (Å²) in [7, 11) is 0. The number of nitrogens with zero attached hydrogens (tertiary/aromatic N) is 3. The van der Waals surface area contributed by atoms with E-state index in [1.54, 1.807) is 6.07 Å². The second-order valence-corrected chi connectivity index (χ2v) is 8.66. The average Bonchev–Trinajstić information content (AvgIpc) is 3.33. The zero-order valence-corrected chi connectivity index (χ0v) is 16.8. The van der Waals surface area contributed by atoms with E-state index in [2.05, 4.69) is 9.88 Å². The molecule has 2 aliphatic rings. The van der Waals surface area contributed by atoms with Gasteiger partial charge in [-0.2, -0.15) is 0 Å². The van der Waals surface area contributed by atoms with Crippen LogP contribution in [-0.2, 0) is 0 Å². The van der Waals surface area contributed by atoms with Crippen molar-refractivity contribution in [1.82, 2.24) is 14.8 Å². The van der Waals surface area contributed by atoms with E-state index in [0.717, 1.165) is 54.0 Å². The van der Waals surface area contributed by atoms with E-state index in [1.807, 2.05) is 18.7 Å². The summed E-state index contributed by atoms with van der Waals surface area (Å²) < 4.78 is 13.7. The smallest absolute Gasteiger partial charge is 0.265 e. The number of benzene rings is 1. The first-order valence-corrected chi connectivity index (χ1v) is 10.6. The fourth-order valence-corrected chi connectivity index (χ4v) is 5.35. The molecule has 2 fully saturated rings. The number of hydrogen-bond acceptors (Lipinski definition) is 4. The molecule has 1 saturated heterocycles. The lowest BCUT2D eigenvalue weighted by molar-refractivity contribution is 0.0577. The summed E-state index contributed by atoms with van der Waals surface area (Å²) in [5.74, 6) is -0.212. The number of aromatic nitrogens is 1. The Balaban J connectivity index is 1.48. The topological polar surface area (TPSA) is 36.4 Å². The van der Waals surface area contributed by atoms with Gasteiger partial charge < -0.3 is 4.90 Å². The number of piperazine rings is 1. The van der Waals surface area contributed by atoms with Crippen LogP contribution in [0.2, 0.25) is 0 Å². The Morgan fingerprint density at radius 3 is 2.56 bits per heavy atom. The second kappa shape index (κ2) is 7.68. The van der Waals surface area contributed by atoms with E-state index >= 15 is 0 Å². The summed E-state index contributed by atoms with van der Waals surface area (Å²) in [6.07, 6.45) is 5.29. The van der Waals surface area contributed by atoms with Crippen molar-refractivity contribution in [2.45, 2.75) is 45.6 Å². The van der Waals surface area contributed by atoms with Gasteiger partial charge in [0.05, 0.1) is 5.69 Å². The van der Waals surface area contributed by atoms with Gasteiger partial charge in [-0.1, -0.05) is 18.9 Å². The molecule has 2 heterocycles. The molecule has 144 valence electrons. The first-order chi connectivity index (χ1) is 13.0. The van der Waals surface area contributed by atoms with Crippen molar-refractivity contribution in [3.8, 4) is 10.6 Å². The van der Waals surface area contributed by atoms with Gasteiger partial charge in [-0.25, -0.2) is 9.37 Å². The quantitative estimate of drug-likeness (QED) is 0.789. The van der Waals surface area contributed by atoms with Crippen LogP contribution in [0.3, 0.4) is 0 Å². The second-order valence-electron chi connectivity index (χ2n) is 7.66. The SMILES string of the molecule is Cc1ccc(F)cc1-c1nc(C)c(C(=O)N2CCN(C3CCCC3)CC2)s1. The van der Waals surface area contributed by atoms with Crippen LogP contribution in [-0.4, -0.2) is 52.9 Å². The lowest BCUT2D eigenvalue weighted by Crippen LogP contribution is -2.51. The maximum atomic E-state index is 13.7. The molecule has 1 aromatic carbocycles. The molecule has 1 aromatic heterocycles. The molecule has 27 heavy (non-hydrogen) atoms. The summed E-state index contributed by atoms with van der Waals surface area (Å²) in [6.45, 7) is 7.29. The predicted octanol–water partition coefficient (Wildman–Crippen LogP) is 4.27. The molecule has 1 aliphatic carbocycles. The fraction of sp³-hybridized carbons (Fsp3) is 0.524. The Labute approximate surface area is 164 Å². The van der Waals surface area contributed by atoms with Crippen LogP contribution in [0.5, 0.6) is 0 Å². The lowest BCUT2D eigenvalue weighted by Gasteiger charge is -2.37. The molecule has 0 N–H and O–H groups in total. The van der Waals surface area contributed by atoms with Crippen molar-refractivity contribution in [1.29, 1.82) is 0 Å². The molecule has 1 amide bonds. The van der Waals surface area contributed by atoms with Gasteiger partial charge >= 0.3 is 0 Å². The number of halogens is 1. The largest absolute Gasteiger partial charge is 0.335 e. The molecule has 0 spiro atoms. The highest BCUT2D eigenvalue weighted by Crippen LogP contribution is 2.32. The molecular weight excluding hydrogens is 361 g/mol. The van der Waals surface area contributed by atoms with Gasteiger partial charge in [0.2, 0.25) is 0 Å². The average molecular weight is 388 g/mol. The van der Waals surface area contributed by atoms with E-state index in [-0.39, 0.29) is 11.7 Å². The minimum atomic E-state index is -0.278. The van der Waals surface area contributed by atoms with E-state index < -0.39 is 0 Å². The van der Waals surface area contributed by atoms with E-state index in [0.29, 0.717) is 4.88 Å². The van der Waals surface area contributed by atoms with Gasteiger partial charge in [0.15, 0.2) is 0 Å². The van der Waals surface area contributed by atoms with Crippen molar-refractivity contribution in [2.75, 3.05) is 26.2 Å². The Morgan fingerprint density at radius 1 is 1.15 bits per heavy atom. The van der Waals surface area contributed by atoms with E-state index in [4.69, 9.17) is 0 Å². The van der Waals surface area contributed by atoms with Crippen LogP contribution in [0.15, 0.2) is 18.2 Å². The molecule has 0 radical (unpaired) electrons. The van der Waals surface area contributed by atoms with Gasteiger partial charge in [0.25, 0.3) is 5.91 Å². The summed E-state index contributed by atoms with van der Waals surface area (Å²) in [5, 5.41) is 0.720. The highest BCUT2D eigenvalue weighted by atomic mass is 32.1. The first-order valence-electron chi connectivity index (χ1n) is 9.80. The molecule has 6 heteroatoms. The first kappa shape index (κ1) is 18.6. The van der Waals surface area contributed by atoms with Crippen LogP contribution in [0.25, 0.3) is 10.6 Å². The van der Waals surface area contributed by atoms with Crippen LogP contribution in [0.1, 0.15) is 46.6 Å². The predicted molar refractivity (Wildman–Crippen MR) is 107 cm³/mol. The van der Waals surface area contributed by atoms with Crippen molar-refractivity contribution >= 4 is 17.2 Å². The Hall–Kier alpha value is -1.79. The normalized spacial score (nSPS) is 19.0. The van der Waals surface area contributed by atoms with Gasteiger partial charge in [-0.15, -0.1) is 11.3 Å². The molecule has 2 aromatic rings. The minimum absolute atomic E-state index is 0.0661. The molecule has 4 nitrogen and oxygen atoms in total. The zero-order valence-electron chi connectivity index (χ0n) is 16.0. The van der Waals surface area contributed by atoms with E-state index in [9.17, 15) is 9.18 Å². The van der Waals surface area contributed by atoms with Crippen molar-refractivity contribution in [3.05, 3.63) is 40.2 Å². The molecule has 0 unspecified atom stereocenters. The number of carbonyl (C=O) groups excluding carboxylic acids is 1. The zero-order chi connectivity index (χ0) is 19.0. The monoisotopic (exact) mass is 387 g/mol. The highest BCUT2D eigenvalue weighted by Gasteiger charge is 2.29. The Bertz CT molecular complexity index is 836. The molecule has 1 saturated carbocycles. The maximum absolute atomic E-state index is 13.7. The van der Waals surface area contributed by atoms with Crippen LogP contribution in [0, 0.1) is 19.7 Å². The van der Waals surface area contributed by atoms with Crippen LogP contribution in [0.4, 0.5) is 4.39 Å². The fourth-order valence-electron chi connectivity index (χ4n) is 4.24. The number of carbonyl (C=O) groups is 1. The summed E-state index contributed by atoms with van der Waals surface area (Å²) >= 11 is 1.38. The third-order valence-corrected chi connectivity index (χ3v) is 7.04. The van der Waals surface area contributed by atoms with Crippen molar-refractivity contribution in [3.63, 3.8) is 0 Å². The number of thiazole rings is 1. The van der Waals surface area contributed by atoms with Gasteiger partial charge in [-0.05, 0) is 44.4 Å². The molecule has 1 aliphatic heterocycles. The number of rotatable bonds is 3. The molecule has 4 rings (SSSR count). The standard InChI is InChI=1S/C21H26FN3OS/c1-14-7-8-16(22)13-18(14)20-23-15(2)19(27-20)21(26)25-11-9-24(10-12-25)17-5-3-4-6-17/h7-8,13,17H,3-6,9-12H2,1-2H3. The maximum Gasteiger partial charge on any atom is 0.265 e. The van der Waals surface area contributed by atoms with Gasteiger partial charge in [0, 0.05) is 37.8 Å². The van der Waals surface area contributed by atoms with Gasteiger partial charge in [0.1, 0.15) is 15.7 Å². The Kier molecular flexibility index (Phi) is 5.28. The number of aryl methyl sites for hydroxylation is 2. The molecular formula is C21H26FN3OS. The minimum Gasteiger partial charge on any atom is -0.335 e. The van der Waals surface area contributed by atoms with Crippen molar-refractivity contribution < 1.29 is 9.18 Å². The van der Waals surface area contributed by atoms with Crippen LogP contribution >= 0.6 is 11.3 Å². The molecule has 0 bridgehead atoms. The van der Waals surface area contributed by atoms with Gasteiger partial charge in [-0.3, -0.25) is 9.69 Å². The third-order valence-electron chi connectivity index (χ3n) is 5.86. The summed E-state index contributed by atoms with van der Waals surface area (Å²) in [4.78, 5) is 22.8.